The molecule has 190 valence electrons. The van der Waals surface area contributed by atoms with Crippen molar-refractivity contribution >= 4 is 39.1 Å². The molecule has 7 nitrogen and oxygen atoms in total. The van der Waals surface area contributed by atoms with Gasteiger partial charge in [-0.2, -0.15) is 0 Å². The number of hydrogen-bond acceptors (Lipinski definition) is 6. The summed E-state index contributed by atoms with van der Waals surface area (Å²) in [5, 5.41) is 11.3. The number of carbonyl (C=O) groups is 2. The topological polar surface area (TPSA) is 89.0 Å². The van der Waals surface area contributed by atoms with E-state index >= 15 is 0 Å². The Balaban J connectivity index is 1.57. The Bertz CT molecular complexity index is 1550. The van der Waals surface area contributed by atoms with Crippen molar-refractivity contribution in [2.75, 3.05) is 12.0 Å². The van der Waals surface area contributed by atoms with Gasteiger partial charge in [-0.25, -0.2) is 0 Å². The van der Waals surface area contributed by atoms with Crippen LogP contribution in [0.5, 0.6) is 17.2 Å². The quantitative estimate of drug-likeness (QED) is 0.160. The first-order chi connectivity index (χ1) is 18.4. The molecule has 1 fully saturated rings. The van der Waals surface area contributed by atoms with Crippen molar-refractivity contribution < 1.29 is 24.2 Å². The number of aliphatic hydroxyl groups is 1. The standard InChI is InChI=1S/C30H23BrN2O5/c1-18-5-3-7-23(15-18)38-22-11-9-21(10-12-22)33-27(20-6-4-14-32-17-20)26(29(35)30(33)36)28(34)19-8-13-25(37-2)24(31)16-19/h3-17,27,34H,1-2H3/b28-26-. The van der Waals surface area contributed by atoms with Crippen molar-refractivity contribution in [3.63, 3.8) is 0 Å². The lowest BCUT2D eigenvalue weighted by Gasteiger charge is -2.25. The summed E-state index contributed by atoms with van der Waals surface area (Å²) in [6.45, 7) is 1.98. The lowest BCUT2D eigenvalue weighted by Crippen LogP contribution is -2.29. The molecule has 1 aliphatic rings. The average Bonchev–Trinajstić information content (AvgIpc) is 3.19. The number of aryl methyl sites for hydroxylation is 1. The van der Waals surface area contributed by atoms with Crippen molar-refractivity contribution in [3.8, 4) is 17.2 Å². The van der Waals surface area contributed by atoms with E-state index in [0.29, 0.717) is 38.5 Å². The van der Waals surface area contributed by atoms with E-state index in [0.717, 1.165) is 5.56 Å². The number of ketones is 1. The Kier molecular flexibility index (Phi) is 6.98. The van der Waals surface area contributed by atoms with Crippen LogP contribution in [0.2, 0.25) is 0 Å². The van der Waals surface area contributed by atoms with Crippen LogP contribution in [0, 0.1) is 6.92 Å². The third-order valence-electron chi connectivity index (χ3n) is 6.21. The predicted molar refractivity (Wildman–Crippen MR) is 147 cm³/mol. The fraction of sp³-hybridized carbons (Fsp3) is 0.100. The molecular formula is C30H23BrN2O5. The number of pyridine rings is 1. The van der Waals surface area contributed by atoms with Crippen molar-refractivity contribution in [1.82, 2.24) is 4.98 Å². The maximum Gasteiger partial charge on any atom is 0.300 e. The third kappa shape index (κ3) is 4.78. The fourth-order valence-corrected chi connectivity index (χ4v) is 4.95. The van der Waals surface area contributed by atoms with E-state index in [4.69, 9.17) is 9.47 Å². The molecule has 0 bridgehead atoms. The first kappa shape index (κ1) is 25.2. The predicted octanol–water partition coefficient (Wildman–Crippen LogP) is 6.58. The Labute approximate surface area is 228 Å². The number of halogens is 1. The van der Waals surface area contributed by atoms with Gasteiger partial charge in [0.2, 0.25) is 0 Å². The highest BCUT2D eigenvalue weighted by molar-refractivity contribution is 9.10. The van der Waals surface area contributed by atoms with Crippen LogP contribution >= 0.6 is 15.9 Å². The molecule has 38 heavy (non-hydrogen) atoms. The second-order valence-corrected chi connectivity index (χ2v) is 9.57. The highest BCUT2D eigenvalue weighted by Crippen LogP contribution is 2.43. The van der Waals surface area contributed by atoms with Gasteiger partial charge in [-0.1, -0.05) is 18.2 Å². The number of benzene rings is 3. The van der Waals surface area contributed by atoms with Crippen LogP contribution < -0.4 is 14.4 Å². The minimum Gasteiger partial charge on any atom is -0.507 e. The molecule has 1 aliphatic heterocycles. The summed E-state index contributed by atoms with van der Waals surface area (Å²) in [7, 11) is 1.53. The van der Waals surface area contributed by atoms with Crippen LogP contribution in [0.15, 0.2) is 101 Å². The van der Waals surface area contributed by atoms with Crippen molar-refractivity contribution in [3.05, 3.63) is 118 Å². The zero-order chi connectivity index (χ0) is 26.8. The Hall–Kier alpha value is -4.43. The van der Waals surface area contributed by atoms with Crippen LogP contribution in [0.1, 0.15) is 22.7 Å². The summed E-state index contributed by atoms with van der Waals surface area (Å²) in [6, 6.07) is 22.1. The highest BCUT2D eigenvalue weighted by atomic mass is 79.9. The van der Waals surface area contributed by atoms with Gasteiger partial charge in [0.05, 0.1) is 23.2 Å². The molecule has 2 heterocycles. The number of methoxy groups -OCH3 is 1. The van der Waals surface area contributed by atoms with E-state index in [2.05, 4.69) is 20.9 Å². The minimum absolute atomic E-state index is 0.0276. The van der Waals surface area contributed by atoms with Crippen LogP contribution in [0.3, 0.4) is 0 Å². The molecule has 1 saturated heterocycles. The molecule has 0 radical (unpaired) electrons. The number of nitrogens with zero attached hydrogens (tertiary/aromatic N) is 2. The first-order valence-corrected chi connectivity index (χ1v) is 12.6. The number of carbonyl (C=O) groups excluding carboxylic acids is 2. The summed E-state index contributed by atoms with van der Waals surface area (Å²) in [6.07, 6.45) is 3.18. The van der Waals surface area contributed by atoms with Crippen molar-refractivity contribution in [2.45, 2.75) is 13.0 Å². The van der Waals surface area contributed by atoms with Crippen LogP contribution in [-0.2, 0) is 9.59 Å². The zero-order valence-corrected chi connectivity index (χ0v) is 22.2. The lowest BCUT2D eigenvalue weighted by molar-refractivity contribution is -0.132. The second kappa shape index (κ2) is 10.5. The van der Waals surface area contributed by atoms with E-state index < -0.39 is 17.7 Å². The Morgan fingerprint density at radius 2 is 1.76 bits per heavy atom. The van der Waals surface area contributed by atoms with Gasteiger partial charge >= 0.3 is 0 Å². The number of aromatic nitrogens is 1. The van der Waals surface area contributed by atoms with Gasteiger partial charge in [-0.15, -0.1) is 0 Å². The summed E-state index contributed by atoms with van der Waals surface area (Å²) in [5.41, 5.74) is 2.47. The molecule has 1 N–H and O–H groups in total. The molecule has 1 unspecified atom stereocenters. The van der Waals surface area contributed by atoms with E-state index in [9.17, 15) is 14.7 Å². The van der Waals surface area contributed by atoms with E-state index in [1.807, 2.05) is 31.2 Å². The Morgan fingerprint density at radius 3 is 2.42 bits per heavy atom. The SMILES string of the molecule is COc1ccc(/C(O)=C2/C(=O)C(=O)N(c3ccc(Oc4cccc(C)c4)cc3)C2c2cccnc2)cc1Br. The maximum atomic E-state index is 13.4. The van der Waals surface area contributed by atoms with Crippen LogP contribution in [-0.4, -0.2) is 28.9 Å². The molecule has 5 rings (SSSR count). The van der Waals surface area contributed by atoms with E-state index in [1.165, 1.54) is 12.0 Å². The molecule has 8 heteroatoms. The van der Waals surface area contributed by atoms with E-state index in [1.54, 1.807) is 67.0 Å². The van der Waals surface area contributed by atoms with Gasteiger partial charge in [0, 0.05) is 23.6 Å². The van der Waals surface area contributed by atoms with Crippen LogP contribution in [0.25, 0.3) is 5.76 Å². The molecule has 0 saturated carbocycles. The highest BCUT2D eigenvalue weighted by Gasteiger charge is 2.47. The molecule has 3 aromatic carbocycles. The van der Waals surface area contributed by atoms with Crippen molar-refractivity contribution in [2.24, 2.45) is 0 Å². The number of hydrogen-bond donors (Lipinski definition) is 1. The van der Waals surface area contributed by atoms with Gasteiger partial charge < -0.3 is 14.6 Å². The monoisotopic (exact) mass is 570 g/mol. The summed E-state index contributed by atoms with van der Waals surface area (Å²) in [5.74, 6) is 0.0149. The fourth-order valence-electron chi connectivity index (χ4n) is 4.41. The molecule has 1 atom stereocenters. The van der Waals surface area contributed by atoms with E-state index in [-0.39, 0.29) is 11.3 Å². The average molecular weight is 571 g/mol. The number of anilines is 1. The molecule has 1 amide bonds. The Morgan fingerprint density at radius 1 is 0.974 bits per heavy atom. The summed E-state index contributed by atoms with van der Waals surface area (Å²) in [4.78, 5) is 32.3. The smallest absolute Gasteiger partial charge is 0.300 e. The number of ether oxygens (including phenoxy) is 2. The molecule has 1 aromatic heterocycles. The van der Waals surface area contributed by atoms with Crippen molar-refractivity contribution in [1.29, 1.82) is 0 Å². The third-order valence-corrected chi connectivity index (χ3v) is 6.83. The maximum absolute atomic E-state index is 13.4. The molecule has 0 aliphatic carbocycles. The molecule has 0 spiro atoms. The first-order valence-electron chi connectivity index (χ1n) is 11.8. The number of aliphatic hydroxyl groups excluding tert-OH is 1. The lowest BCUT2D eigenvalue weighted by atomic mass is 9.96. The number of Topliss-reactive ketones (excluding diaryl/α,β-unsaturated/α-hetero) is 1. The normalized spacial score (nSPS) is 16.5. The minimum atomic E-state index is -0.881. The summed E-state index contributed by atoms with van der Waals surface area (Å²) >= 11 is 3.41. The second-order valence-electron chi connectivity index (χ2n) is 8.72. The van der Waals surface area contributed by atoms with Gasteiger partial charge in [0.25, 0.3) is 11.7 Å². The largest absolute Gasteiger partial charge is 0.507 e. The number of amides is 1. The molecule has 4 aromatic rings. The number of rotatable bonds is 6. The van der Waals surface area contributed by atoms with Gasteiger partial charge in [-0.3, -0.25) is 19.5 Å². The van der Waals surface area contributed by atoms with Gasteiger partial charge in [0.15, 0.2) is 0 Å². The van der Waals surface area contributed by atoms with Gasteiger partial charge in [-0.05, 0) is 94.6 Å². The summed E-state index contributed by atoms with van der Waals surface area (Å²) < 4.78 is 11.8. The molecular weight excluding hydrogens is 548 g/mol. The zero-order valence-electron chi connectivity index (χ0n) is 20.6. The van der Waals surface area contributed by atoms with Crippen LogP contribution in [0.4, 0.5) is 5.69 Å². The van der Waals surface area contributed by atoms with Gasteiger partial charge in [0.1, 0.15) is 23.0 Å².